The predicted octanol–water partition coefficient (Wildman–Crippen LogP) is 1.28. The van der Waals surface area contributed by atoms with Crippen molar-refractivity contribution in [3.05, 3.63) is 17.6 Å². The van der Waals surface area contributed by atoms with E-state index in [1.165, 1.54) is 36.3 Å². The molecule has 0 atom stereocenters. The summed E-state index contributed by atoms with van der Waals surface area (Å²) in [6.45, 7) is 1.81. The summed E-state index contributed by atoms with van der Waals surface area (Å²) in [5.74, 6) is 1.20. The van der Waals surface area contributed by atoms with Crippen LogP contribution in [0.25, 0.3) is 0 Å². The summed E-state index contributed by atoms with van der Waals surface area (Å²) >= 11 is 0. The van der Waals surface area contributed by atoms with Crippen LogP contribution in [0.4, 0.5) is 5.82 Å². The first-order chi connectivity index (χ1) is 8.40. The minimum Gasteiger partial charge on any atom is -0.353 e. The van der Waals surface area contributed by atoms with E-state index in [0.717, 1.165) is 32.4 Å². The summed E-state index contributed by atoms with van der Waals surface area (Å²) in [4.78, 5) is 11.4. The van der Waals surface area contributed by atoms with Crippen LogP contribution in [0.3, 0.4) is 0 Å². The molecule has 2 aliphatic carbocycles. The minimum absolute atomic E-state index is 0.709. The lowest BCUT2D eigenvalue weighted by Gasteiger charge is -2.25. The molecular formula is C13H20N4. The number of fused-ring (bicyclic) bond motifs is 1. The highest BCUT2D eigenvalue weighted by molar-refractivity contribution is 5.52. The lowest BCUT2D eigenvalue weighted by atomic mass is 10.2. The van der Waals surface area contributed by atoms with E-state index in [9.17, 15) is 0 Å². The number of aryl methyl sites for hydroxylation is 1. The van der Waals surface area contributed by atoms with Crippen LogP contribution in [0.15, 0.2) is 6.33 Å². The highest BCUT2D eigenvalue weighted by Crippen LogP contribution is 2.35. The van der Waals surface area contributed by atoms with E-state index in [-0.39, 0.29) is 0 Å². The molecule has 0 aliphatic heterocycles. The summed E-state index contributed by atoms with van der Waals surface area (Å²) in [7, 11) is 0. The average Bonchev–Trinajstić information content (AvgIpc) is 3.07. The molecule has 17 heavy (non-hydrogen) atoms. The van der Waals surface area contributed by atoms with Gasteiger partial charge in [-0.15, -0.1) is 0 Å². The molecule has 4 heteroatoms. The molecule has 4 nitrogen and oxygen atoms in total. The summed E-state index contributed by atoms with van der Waals surface area (Å²) in [5, 5.41) is 0. The van der Waals surface area contributed by atoms with Crippen molar-refractivity contribution in [3.63, 3.8) is 0 Å². The Morgan fingerprint density at radius 1 is 1.29 bits per heavy atom. The zero-order valence-electron chi connectivity index (χ0n) is 10.2. The van der Waals surface area contributed by atoms with Crippen LogP contribution in [-0.4, -0.2) is 29.1 Å². The number of rotatable bonds is 5. The first-order valence-corrected chi connectivity index (χ1v) is 6.69. The van der Waals surface area contributed by atoms with Crippen molar-refractivity contribution >= 4 is 5.82 Å². The summed E-state index contributed by atoms with van der Waals surface area (Å²) in [6, 6.07) is 0.709. The third kappa shape index (κ3) is 2.14. The SMILES string of the molecule is NCCCN(c1ncnc2c1CCC2)C1CC1. The van der Waals surface area contributed by atoms with Crippen molar-refractivity contribution in [1.29, 1.82) is 0 Å². The molecule has 1 saturated carbocycles. The van der Waals surface area contributed by atoms with Crippen molar-refractivity contribution in [2.24, 2.45) is 5.73 Å². The number of anilines is 1. The Balaban J connectivity index is 1.87. The van der Waals surface area contributed by atoms with E-state index in [4.69, 9.17) is 5.73 Å². The summed E-state index contributed by atoms with van der Waals surface area (Å²) in [5.41, 5.74) is 8.30. The van der Waals surface area contributed by atoms with Crippen molar-refractivity contribution in [2.45, 2.75) is 44.6 Å². The first kappa shape index (κ1) is 11.0. The molecule has 2 aliphatic rings. The number of hydrogen-bond acceptors (Lipinski definition) is 4. The average molecular weight is 232 g/mol. The number of nitrogens with two attached hydrogens (primary N) is 1. The Hall–Kier alpha value is -1.16. The van der Waals surface area contributed by atoms with Gasteiger partial charge in [-0.2, -0.15) is 0 Å². The van der Waals surface area contributed by atoms with E-state index in [2.05, 4.69) is 14.9 Å². The third-order valence-electron chi connectivity index (χ3n) is 3.72. The molecule has 0 saturated heterocycles. The van der Waals surface area contributed by atoms with Crippen molar-refractivity contribution in [1.82, 2.24) is 9.97 Å². The van der Waals surface area contributed by atoms with Crippen molar-refractivity contribution < 1.29 is 0 Å². The van der Waals surface area contributed by atoms with Gasteiger partial charge in [0.2, 0.25) is 0 Å². The van der Waals surface area contributed by atoms with E-state index >= 15 is 0 Å². The van der Waals surface area contributed by atoms with Gasteiger partial charge < -0.3 is 10.6 Å². The first-order valence-electron chi connectivity index (χ1n) is 6.69. The van der Waals surface area contributed by atoms with Gasteiger partial charge in [0.25, 0.3) is 0 Å². The highest BCUT2D eigenvalue weighted by Gasteiger charge is 2.32. The molecule has 0 amide bonds. The standard InChI is InChI=1S/C13H20N4/c14-7-2-8-17(10-5-6-10)13-11-3-1-4-12(11)15-9-16-13/h9-10H,1-8,14H2. The van der Waals surface area contributed by atoms with Crippen molar-refractivity contribution in [2.75, 3.05) is 18.0 Å². The smallest absolute Gasteiger partial charge is 0.135 e. The number of hydrogen-bond donors (Lipinski definition) is 1. The molecule has 0 radical (unpaired) electrons. The molecular weight excluding hydrogens is 212 g/mol. The van der Waals surface area contributed by atoms with Gasteiger partial charge >= 0.3 is 0 Å². The van der Waals surface area contributed by atoms with Gasteiger partial charge in [-0.05, 0) is 45.1 Å². The monoisotopic (exact) mass is 232 g/mol. The maximum atomic E-state index is 5.63. The van der Waals surface area contributed by atoms with Crippen LogP contribution < -0.4 is 10.6 Å². The Morgan fingerprint density at radius 2 is 2.18 bits per heavy atom. The predicted molar refractivity (Wildman–Crippen MR) is 68.1 cm³/mol. The van der Waals surface area contributed by atoms with Crippen LogP contribution in [0.5, 0.6) is 0 Å². The molecule has 0 unspecified atom stereocenters. The fourth-order valence-corrected chi connectivity index (χ4v) is 2.70. The maximum Gasteiger partial charge on any atom is 0.135 e. The quantitative estimate of drug-likeness (QED) is 0.831. The van der Waals surface area contributed by atoms with Gasteiger partial charge in [0.1, 0.15) is 12.1 Å². The van der Waals surface area contributed by atoms with E-state index < -0.39 is 0 Å². The van der Waals surface area contributed by atoms with Gasteiger partial charge in [-0.25, -0.2) is 9.97 Å². The zero-order chi connectivity index (χ0) is 11.7. The fourth-order valence-electron chi connectivity index (χ4n) is 2.70. The second kappa shape index (κ2) is 4.61. The van der Waals surface area contributed by atoms with Gasteiger partial charge in [0.15, 0.2) is 0 Å². The molecule has 2 N–H and O–H groups in total. The van der Waals surface area contributed by atoms with Gasteiger partial charge in [-0.1, -0.05) is 0 Å². The minimum atomic E-state index is 0.709. The van der Waals surface area contributed by atoms with Crippen LogP contribution >= 0.6 is 0 Å². The van der Waals surface area contributed by atoms with Crippen LogP contribution in [0.2, 0.25) is 0 Å². The Bertz CT molecular complexity index is 400. The maximum absolute atomic E-state index is 5.63. The Kier molecular flexibility index (Phi) is 2.97. The van der Waals surface area contributed by atoms with Gasteiger partial charge in [0.05, 0.1) is 0 Å². The van der Waals surface area contributed by atoms with Crippen LogP contribution in [0, 0.1) is 0 Å². The third-order valence-corrected chi connectivity index (χ3v) is 3.72. The van der Waals surface area contributed by atoms with Crippen LogP contribution in [0.1, 0.15) is 36.9 Å². The van der Waals surface area contributed by atoms with Crippen molar-refractivity contribution in [3.8, 4) is 0 Å². The largest absolute Gasteiger partial charge is 0.353 e. The normalized spacial score (nSPS) is 18.2. The Labute approximate surface area is 102 Å². The molecule has 1 aromatic rings. The summed E-state index contributed by atoms with van der Waals surface area (Å²) < 4.78 is 0. The second-order valence-electron chi connectivity index (χ2n) is 5.04. The van der Waals surface area contributed by atoms with E-state index in [1.807, 2.05) is 0 Å². The van der Waals surface area contributed by atoms with E-state index in [0.29, 0.717) is 6.04 Å². The molecule has 1 fully saturated rings. The Morgan fingerprint density at radius 3 is 2.94 bits per heavy atom. The molecule has 92 valence electrons. The lowest BCUT2D eigenvalue weighted by Crippen LogP contribution is -2.30. The van der Waals surface area contributed by atoms with Gasteiger partial charge in [-0.3, -0.25) is 0 Å². The topological polar surface area (TPSA) is 55.0 Å². The second-order valence-corrected chi connectivity index (χ2v) is 5.04. The van der Waals surface area contributed by atoms with Gasteiger partial charge in [0, 0.05) is 23.8 Å². The number of nitrogens with zero attached hydrogens (tertiary/aromatic N) is 3. The highest BCUT2D eigenvalue weighted by atomic mass is 15.2. The zero-order valence-corrected chi connectivity index (χ0v) is 10.2. The number of aromatic nitrogens is 2. The molecule has 3 rings (SSSR count). The molecule has 1 aromatic heterocycles. The molecule has 0 bridgehead atoms. The van der Waals surface area contributed by atoms with E-state index in [1.54, 1.807) is 6.33 Å². The fraction of sp³-hybridized carbons (Fsp3) is 0.692. The molecule has 0 spiro atoms. The summed E-state index contributed by atoms with van der Waals surface area (Å²) in [6.07, 6.45) is 8.91. The van der Waals surface area contributed by atoms with Crippen LogP contribution in [-0.2, 0) is 12.8 Å². The molecule has 1 heterocycles. The lowest BCUT2D eigenvalue weighted by molar-refractivity contribution is 0.716. The molecule has 0 aromatic carbocycles.